The molecule has 1 aromatic heterocycles. The molecule has 1 atom stereocenters. The summed E-state index contributed by atoms with van der Waals surface area (Å²) in [4.78, 5) is 0.803. The molecule has 1 aromatic carbocycles. The molecule has 0 bridgehead atoms. The highest BCUT2D eigenvalue weighted by molar-refractivity contribution is 7.84. The van der Waals surface area contributed by atoms with E-state index >= 15 is 0 Å². The summed E-state index contributed by atoms with van der Waals surface area (Å²) >= 11 is 0. The smallest absolute Gasteiger partial charge is 0.135 e. The van der Waals surface area contributed by atoms with E-state index in [1.165, 1.54) is 0 Å². The zero-order valence-corrected chi connectivity index (χ0v) is 7.43. The molecule has 0 spiro atoms. The number of benzene rings is 1. The van der Waals surface area contributed by atoms with Gasteiger partial charge in [0, 0.05) is 27.3 Å². The van der Waals surface area contributed by atoms with Crippen molar-refractivity contribution in [3.63, 3.8) is 0 Å². The quantitative estimate of drug-likeness (QED) is 0.673. The van der Waals surface area contributed by atoms with E-state index in [9.17, 15) is 4.21 Å². The number of rotatable bonds is 1. The molecule has 3 heteroatoms. The van der Waals surface area contributed by atoms with Crippen LogP contribution in [0.25, 0.3) is 11.0 Å². The monoisotopic (exact) mass is 180 g/mol. The van der Waals surface area contributed by atoms with Crippen LogP contribution in [-0.4, -0.2) is 10.5 Å². The van der Waals surface area contributed by atoms with Gasteiger partial charge in [-0.15, -0.1) is 0 Å². The summed E-state index contributed by atoms with van der Waals surface area (Å²) in [6.45, 7) is 0. The second-order valence-corrected chi connectivity index (χ2v) is 3.95. The standard InChI is InChI=1S/C9H8O2S/c1-12(10)8-3-2-7-4-5-11-9(7)6-8/h2-6H,1H3. The summed E-state index contributed by atoms with van der Waals surface area (Å²) in [5.74, 6) is 0. The number of furan rings is 1. The highest BCUT2D eigenvalue weighted by atomic mass is 32.2. The molecule has 12 heavy (non-hydrogen) atoms. The molecular weight excluding hydrogens is 172 g/mol. The van der Waals surface area contributed by atoms with E-state index in [1.54, 1.807) is 12.5 Å². The van der Waals surface area contributed by atoms with Gasteiger partial charge in [0.2, 0.25) is 0 Å². The van der Waals surface area contributed by atoms with Crippen molar-refractivity contribution in [3.8, 4) is 0 Å². The third-order valence-electron chi connectivity index (χ3n) is 1.76. The summed E-state index contributed by atoms with van der Waals surface area (Å²) in [6.07, 6.45) is 3.29. The van der Waals surface area contributed by atoms with E-state index in [-0.39, 0.29) is 0 Å². The van der Waals surface area contributed by atoms with Gasteiger partial charge in [-0.25, -0.2) is 0 Å². The van der Waals surface area contributed by atoms with Crippen molar-refractivity contribution in [2.75, 3.05) is 6.26 Å². The third-order valence-corrected chi connectivity index (χ3v) is 2.68. The minimum absolute atomic E-state index is 0.794. The molecule has 0 aliphatic rings. The van der Waals surface area contributed by atoms with Gasteiger partial charge in [0.05, 0.1) is 6.26 Å². The molecular formula is C9H8O2S. The molecule has 0 saturated carbocycles. The minimum Gasteiger partial charge on any atom is -0.464 e. The Kier molecular flexibility index (Phi) is 1.73. The molecule has 62 valence electrons. The molecule has 1 unspecified atom stereocenters. The molecule has 0 aliphatic carbocycles. The van der Waals surface area contributed by atoms with Gasteiger partial charge < -0.3 is 4.42 Å². The normalized spacial score (nSPS) is 13.4. The Morgan fingerprint density at radius 1 is 1.33 bits per heavy atom. The predicted octanol–water partition coefficient (Wildman–Crippen LogP) is 2.17. The summed E-state index contributed by atoms with van der Waals surface area (Å²) < 4.78 is 16.3. The number of fused-ring (bicyclic) bond motifs is 1. The van der Waals surface area contributed by atoms with Crippen molar-refractivity contribution in [1.82, 2.24) is 0 Å². The van der Waals surface area contributed by atoms with Gasteiger partial charge in [-0.1, -0.05) is 0 Å². The minimum atomic E-state index is -0.929. The average Bonchev–Trinajstić information content (AvgIpc) is 2.49. The number of hydrogen-bond donors (Lipinski definition) is 0. The second-order valence-electron chi connectivity index (χ2n) is 2.57. The molecule has 0 aliphatic heterocycles. The van der Waals surface area contributed by atoms with Crippen LogP contribution in [0.4, 0.5) is 0 Å². The van der Waals surface area contributed by atoms with E-state index in [0.717, 1.165) is 15.9 Å². The summed E-state index contributed by atoms with van der Waals surface area (Å²) in [5, 5.41) is 1.05. The second kappa shape index (κ2) is 2.75. The Morgan fingerprint density at radius 2 is 2.17 bits per heavy atom. The van der Waals surface area contributed by atoms with Crippen LogP contribution in [0.2, 0.25) is 0 Å². The largest absolute Gasteiger partial charge is 0.464 e. The summed E-state index contributed by atoms with van der Waals surface area (Å²) in [5.41, 5.74) is 0.794. The van der Waals surface area contributed by atoms with Crippen LogP contribution in [0.15, 0.2) is 39.8 Å². The van der Waals surface area contributed by atoms with E-state index in [4.69, 9.17) is 4.42 Å². The van der Waals surface area contributed by atoms with E-state index < -0.39 is 10.8 Å². The molecule has 2 rings (SSSR count). The topological polar surface area (TPSA) is 30.2 Å². The summed E-state index contributed by atoms with van der Waals surface area (Å²) in [7, 11) is -0.929. The fourth-order valence-corrected chi connectivity index (χ4v) is 1.65. The zero-order valence-electron chi connectivity index (χ0n) is 6.61. The van der Waals surface area contributed by atoms with Crippen LogP contribution >= 0.6 is 0 Å². The molecule has 1 heterocycles. The van der Waals surface area contributed by atoms with Gasteiger partial charge >= 0.3 is 0 Å². The molecule has 0 amide bonds. The first kappa shape index (κ1) is 7.55. The van der Waals surface area contributed by atoms with Gasteiger partial charge in [-0.3, -0.25) is 4.21 Å². The lowest BCUT2D eigenvalue weighted by molar-refractivity contribution is 0.614. The van der Waals surface area contributed by atoms with Crippen LogP contribution in [0.1, 0.15) is 0 Å². The third kappa shape index (κ3) is 1.16. The van der Waals surface area contributed by atoms with Crippen molar-refractivity contribution < 1.29 is 8.63 Å². The average molecular weight is 180 g/mol. The Balaban J connectivity index is 2.68. The SMILES string of the molecule is CS(=O)c1ccc2ccoc2c1. The highest BCUT2D eigenvalue weighted by Crippen LogP contribution is 2.18. The molecule has 2 aromatic rings. The maximum atomic E-state index is 11.1. The van der Waals surface area contributed by atoms with Gasteiger partial charge in [0.25, 0.3) is 0 Å². The van der Waals surface area contributed by atoms with Crippen LogP contribution in [0.5, 0.6) is 0 Å². The van der Waals surface area contributed by atoms with Gasteiger partial charge in [0.15, 0.2) is 0 Å². The van der Waals surface area contributed by atoms with Gasteiger partial charge in [0.1, 0.15) is 5.58 Å². The van der Waals surface area contributed by atoms with E-state index in [1.807, 2.05) is 24.3 Å². The highest BCUT2D eigenvalue weighted by Gasteiger charge is 2.00. The molecule has 0 radical (unpaired) electrons. The summed E-state index contributed by atoms with van der Waals surface area (Å²) in [6, 6.07) is 7.46. The van der Waals surface area contributed by atoms with Crippen molar-refractivity contribution >= 4 is 21.8 Å². The maximum absolute atomic E-state index is 11.1. The lowest BCUT2D eigenvalue weighted by atomic mass is 10.3. The van der Waals surface area contributed by atoms with Crippen LogP contribution in [0, 0.1) is 0 Å². The maximum Gasteiger partial charge on any atom is 0.135 e. The van der Waals surface area contributed by atoms with Crippen molar-refractivity contribution in [1.29, 1.82) is 0 Å². The first-order valence-corrected chi connectivity index (χ1v) is 5.14. The fourth-order valence-electron chi connectivity index (χ4n) is 1.11. The van der Waals surface area contributed by atoms with E-state index in [2.05, 4.69) is 0 Å². The Labute approximate surface area is 72.6 Å². The molecule has 2 nitrogen and oxygen atoms in total. The Morgan fingerprint density at radius 3 is 2.92 bits per heavy atom. The zero-order chi connectivity index (χ0) is 8.55. The Hall–Kier alpha value is -1.09. The van der Waals surface area contributed by atoms with Gasteiger partial charge in [-0.2, -0.15) is 0 Å². The first-order chi connectivity index (χ1) is 5.77. The lowest BCUT2D eigenvalue weighted by Crippen LogP contribution is -1.85. The predicted molar refractivity (Wildman–Crippen MR) is 48.5 cm³/mol. The molecule has 0 N–H and O–H groups in total. The van der Waals surface area contributed by atoms with Gasteiger partial charge in [-0.05, 0) is 24.3 Å². The van der Waals surface area contributed by atoms with Crippen molar-refractivity contribution in [2.24, 2.45) is 0 Å². The lowest BCUT2D eigenvalue weighted by Gasteiger charge is -1.94. The van der Waals surface area contributed by atoms with E-state index in [0.29, 0.717) is 0 Å². The molecule has 0 saturated heterocycles. The fraction of sp³-hybridized carbons (Fsp3) is 0.111. The number of hydrogen-bond acceptors (Lipinski definition) is 2. The van der Waals surface area contributed by atoms with Crippen molar-refractivity contribution in [3.05, 3.63) is 30.5 Å². The van der Waals surface area contributed by atoms with Crippen molar-refractivity contribution in [2.45, 2.75) is 4.90 Å². The van der Waals surface area contributed by atoms with Crippen LogP contribution < -0.4 is 0 Å². The van der Waals surface area contributed by atoms with Crippen LogP contribution in [-0.2, 0) is 10.8 Å². The van der Waals surface area contributed by atoms with Crippen LogP contribution in [0.3, 0.4) is 0 Å². The molecule has 0 fully saturated rings. The first-order valence-electron chi connectivity index (χ1n) is 3.58. The Bertz CT molecular complexity index is 431.